The first-order chi connectivity index (χ1) is 7.78. The maximum absolute atomic E-state index is 11.3. The number of carbonyl (C=O) groups excluding carboxylic acids is 1. The van der Waals surface area contributed by atoms with Gasteiger partial charge in [-0.3, -0.25) is 4.79 Å². The lowest BCUT2D eigenvalue weighted by Crippen LogP contribution is -2.35. The molecule has 0 bridgehead atoms. The molecule has 102 valence electrons. The monoisotopic (exact) mass is 302 g/mol. The molecule has 0 spiro atoms. The molecule has 0 aliphatic rings. The molecule has 0 fully saturated rings. The van der Waals surface area contributed by atoms with E-state index in [0.717, 1.165) is 0 Å². The zero-order valence-electron chi connectivity index (χ0n) is 9.24. The van der Waals surface area contributed by atoms with E-state index in [9.17, 15) is 4.79 Å². The second-order valence-electron chi connectivity index (χ2n) is 3.90. The Kier molecular flexibility index (Phi) is 7.93. The lowest BCUT2D eigenvalue weighted by atomic mass is 9.88. The number of carbonyl (C=O) groups is 1. The number of rotatable bonds is 8. The predicted molar refractivity (Wildman–Crippen MR) is 73.6 cm³/mol. The first-order valence-corrected chi connectivity index (χ1v) is 6.28. The van der Waals surface area contributed by atoms with Crippen LogP contribution in [0.4, 0.5) is 0 Å². The Balaban J connectivity index is 4.01. The van der Waals surface area contributed by atoms with Gasteiger partial charge in [0.05, 0.1) is 32.8 Å². The van der Waals surface area contributed by atoms with E-state index in [1.165, 1.54) is 0 Å². The van der Waals surface area contributed by atoms with Crippen molar-refractivity contribution < 1.29 is 24.9 Å². The number of aliphatic hydroxyl groups excluding tert-OH is 3. The largest absolute Gasteiger partial charge is 0.466 e. The zero-order valence-corrected chi connectivity index (χ0v) is 11.9. The van der Waals surface area contributed by atoms with Crippen molar-refractivity contribution in [2.75, 3.05) is 26.4 Å². The minimum Gasteiger partial charge on any atom is -0.466 e. The van der Waals surface area contributed by atoms with Gasteiger partial charge in [0.2, 0.25) is 0 Å². The maximum Gasteiger partial charge on any atom is 0.308 e. The van der Waals surface area contributed by atoms with Crippen molar-refractivity contribution in [1.29, 1.82) is 0 Å². The molecule has 0 saturated heterocycles. The average Bonchev–Trinajstić information content (AvgIpc) is 2.22. The van der Waals surface area contributed by atoms with E-state index in [4.69, 9.17) is 20.1 Å². The summed E-state index contributed by atoms with van der Waals surface area (Å²) in [5, 5.41) is 27.1. The van der Waals surface area contributed by atoms with Gasteiger partial charge in [0, 0.05) is 5.41 Å². The van der Waals surface area contributed by atoms with Crippen molar-refractivity contribution in [3.8, 4) is 0 Å². The van der Waals surface area contributed by atoms with Gasteiger partial charge in [-0.2, -0.15) is 37.9 Å². The van der Waals surface area contributed by atoms with Crippen LogP contribution >= 0.6 is 37.9 Å². The summed E-state index contributed by atoms with van der Waals surface area (Å²) in [6.45, 7) is -1.15. The third-order valence-electron chi connectivity index (χ3n) is 2.28. The maximum atomic E-state index is 11.3. The minimum absolute atomic E-state index is 0.00801. The second-order valence-corrected chi connectivity index (χ2v) is 7.24. The van der Waals surface area contributed by atoms with Crippen LogP contribution in [0, 0.1) is 5.41 Å². The van der Waals surface area contributed by atoms with E-state index in [1.54, 1.807) is 0 Å². The number of thiol groups is 3. The summed E-state index contributed by atoms with van der Waals surface area (Å²) in [6, 6.07) is 0. The summed E-state index contributed by atoms with van der Waals surface area (Å²) in [5.74, 6) is -0.535. The molecule has 3 N–H and O–H groups in total. The summed E-state index contributed by atoms with van der Waals surface area (Å²) in [6.07, 6.45) is 0.0770. The fourth-order valence-electron chi connectivity index (χ4n) is 1.01. The van der Waals surface area contributed by atoms with Gasteiger partial charge in [-0.1, -0.05) is 0 Å². The fourth-order valence-corrected chi connectivity index (χ4v) is 1.40. The highest BCUT2D eigenvalue weighted by molar-refractivity contribution is 8.17. The van der Waals surface area contributed by atoms with E-state index in [-0.39, 0.29) is 39.3 Å². The van der Waals surface area contributed by atoms with Crippen LogP contribution < -0.4 is 0 Å². The van der Waals surface area contributed by atoms with Crippen LogP contribution in [0.3, 0.4) is 0 Å². The highest BCUT2D eigenvalue weighted by Gasteiger charge is 2.28. The topological polar surface area (TPSA) is 87.0 Å². The standard InChI is InChI=1S/C9H18O5S3/c10-4-8(5-11,6-12)1-2-14-7(13)3-9(15,16)17/h10-12,15-17H,1-6H2. The lowest BCUT2D eigenvalue weighted by molar-refractivity contribution is -0.145. The van der Waals surface area contributed by atoms with Crippen LogP contribution in [0.5, 0.6) is 0 Å². The average molecular weight is 302 g/mol. The number of esters is 1. The number of hydrogen-bond donors (Lipinski definition) is 6. The molecule has 0 amide bonds. The Bertz CT molecular complexity index is 229. The Morgan fingerprint density at radius 3 is 1.88 bits per heavy atom. The lowest BCUT2D eigenvalue weighted by Gasteiger charge is -2.26. The molecule has 0 aromatic carbocycles. The highest BCUT2D eigenvalue weighted by Crippen LogP contribution is 2.28. The summed E-state index contributed by atoms with van der Waals surface area (Å²) < 4.78 is 3.82. The van der Waals surface area contributed by atoms with Crippen LogP contribution in [0.25, 0.3) is 0 Å². The van der Waals surface area contributed by atoms with E-state index in [2.05, 4.69) is 37.9 Å². The van der Waals surface area contributed by atoms with Crippen LogP contribution in [0.2, 0.25) is 0 Å². The van der Waals surface area contributed by atoms with Gasteiger partial charge >= 0.3 is 5.97 Å². The Morgan fingerprint density at radius 1 is 1.06 bits per heavy atom. The van der Waals surface area contributed by atoms with Crippen LogP contribution in [-0.4, -0.2) is 51.1 Å². The highest BCUT2D eigenvalue weighted by atomic mass is 32.2. The van der Waals surface area contributed by atoms with Crippen molar-refractivity contribution in [2.24, 2.45) is 5.41 Å². The van der Waals surface area contributed by atoms with E-state index >= 15 is 0 Å². The van der Waals surface area contributed by atoms with Gasteiger partial charge in [0.25, 0.3) is 0 Å². The number of aliphatic hydroxyl groups is 3. The van der Waals surface area contributed by atoms with Crippen molar-refractivity contribution in [3.05, 3.63) is 0 Å². The minimum atomic E-state index is -1.04. The number of ether oxygens (including phenoxy) is 1. The first kappa shape index (κ1) is 17.4. The molecule has 0 aromatic heterocycles. The Morgan fingerprint density at radius 2 is 1.53 bits per heavy atom. The molecule has 0 saturated carbocycles. The summed E-state index contributed by atoms with van der Waals surface area (Å²) in [4.78, 5) is 11.3. The van der Waals surface area contributed by atoms with Crippen molar-refractivity contribution in [3.63, 3.8) is 0 Å². The molecule has 0 aromatic rings. The Hall–Kier alpha value is 0.400. The molecular formula is C9H18O5S3. The molecule has 0 aliphatic carbocycles. The molecule has 0 unspecified atom stereocenters. The van der Waals surface area contributed by atoms with Crippen LogP contribution in [0.15, 0.2) is 0 Å². The van der Waals surface area contributed by atoms with Gasteiger partial charge < -0.3 is 20.1 Å². The molecule has 0 atom stereocenters. The normalized spacial score (nSPS) is 12.6. The van der Waals surface area contributed by atoms with Crippen molar-refractivity contribution >= 4 is 43.9 Å². The molecule has 17 heavy (non-hydrogen) atoms. The van der Waals surface area contributed by atoms with Crippen LogP contribution in [0.1, 0.15) is 12.8 Å². The molecular weight excluding hydrogens is 284 g/mol. The summed E-state index contributed by atoms with van der Waals surface area (Å²) in [5.41, 5.74) is -1.03. The number of hydrogen-bond acceptors (Lipinski definition) is 8. The third-order valence-corrected chi connectivity index (χ3v) is 2.76. The molecule has 0 heterocycles. The van der Waals surface area contributed by atoms with E-state index < -0.39 is 14.8 Å². The zero-order chi connectivity index (χ0) is 13.5. The smallest absolute Gasteiger partial charge is 0.308 e. The van der Waals surface area contributed by atoms with Gasteiger partial charge in [0.1, 0.15) is 3.41 Å². The second kappa shape index (κ2) is 7.75. The first-order valence-electron chi connectivity index (χ1n) is 4.94. The molecule has 0 radical (unpaired) electrons. The van der Waals surface area contributed by atoms with Gasteiger partial charge in [-0.25, -0.2) is 0 Å². The van der Waals surface area contributed by atoms with Crippen molar-refractivity contribution in [2.45, 2.75) is 16.3 Å². The molecule has 5 nitrogen and oxygen atoms in total. The van der Waals surface area contributed by atoms with Gasteiger partial charge in [-0.15, -0.1) is 0 Å². The quantitative estimate of drug-likeness (QED) is 0.211. The molecule has 0 rings (SSSR count). The fraction of sp³-hybridized carbons (Fsp3) is 0.889. The molecule has 8 heteroatoms. The molecule has 0 aliphatic heterocycles. The summed E-state index contributed by atoms with van der Waals surface area (Å²) in [7, 11) is 0. The van der Waals surface area contributed by atoms with Crippen LogP contribution in [-0.2, 0) is 9.53 Å². The third kappa shape index (κ3) is 7.43. The van der Waals surface area contributed by atoms with Crippen molar-refractivity contribution in [1.82, 2.24) is 0 Å². The summed E-state index contributed by atoms with van der Waals surface area (Å²) >= 11 is 11.8. The van der Waals surface area contributed by atoms with Gasteiger partial charge in [-0.05, 0) is 6.42 Å². The predicted octanol–water partition coefficient (Wildman–Crippen LogP) is -0.284. The van der Waals surface area contributed by atoms with E-state index in [1.807, 2.05) is 0 Å². The Labute approximate surface area is 117 Å². The van der Waals surface area contributed by atoms with Gasteiger partial charge in [0.15, 0.2) is 0 Å². The van der Waals surface area contributed by atoms with E-state index in [0.29, 0.717) is 0 Å². The SMILES string of the molecule is O=C(CC(S)(S)S)OCCC(CO)(CO)CO.